The molecule has 1 amide bonds. The Hall–Kier alpha value is -3.27. The van der Waals surface area contributed by atoms with Gasteiger partial charge in [0.2, 0.25) is 5.91 Å². The minimum Gasteiger partial charge on any atom is -0.368 e. The molecule has 3 aromatic heterocycles. The first kappa shape index (κ1) is 18.7. The van der Waals surface area contributed by atoms with Crippen molar-refractivity contribution < 1.29 is 9.18 Å². The van der Waals surface area contributed by atoms with Crippen LogP contribution in [0.4, 0.5) is 10.2 Å². The average molecular weight is 423 g/mol. The Bertz CT molecular complexity index is 1120. The Morgan fingerprint density at radius 2 is 2.10 bits per heavy atom. The van der Waals surface area contributed by atoms with Gasteiger partial charge in [-0.05, 0) is 37.1 Å². The summed E-state index contributed by atoms with van der Waals surface area (Å²) >= 11 is 1.41. The number of hydrogen-bond donors (Lipinski definition) is 2. The Morgan fingerprint density at radius 3 is 2.77 bits per heavy atom. The van der Waals surface area contributed by atoms with Gasteiger partial charge >= 0.3 is 0 Å². The number of carbonyl (C=O) groups excluding carboxylic acids is 1. The van der Waals surface area contributed by atoms with Crippen molar-refractivity contribution >= 4 is 28.8 Å². The van der Waals surface area contributed by atoms with E-state index in [2.05, 4.69) is 36.0 Å². The van der Waals surface area contributed by atoms with Gasteiger partial charge in [-0.2, -0.15) is 5.10 Å². The van der Waals surface area contributed by atoms with E-state index in [1.165, 1.54) is 17.4 Å². The number of halogens is 1. The van der Waals surface area contributed by atoms with Gasteiger partial charge in [0.1, 0.15) is 22.3 Å². The lowest BCUT2D eigenvalue weighted by molar-refractivity contribution is -0.119. The second-order valence-corrected chi connectivity index (χ2v) is 8.46. The second-order valence-electron chi connectivity index (χ2n) is 7.43. The van der Waals surface area contributed by atoms with E-state index in [0.29, 0.717) is 34.5 Å². The summed E-state index contributed by atoms with van der Waals surface area (Å²) in [5, 5.41) is 16.5. The van der Waals surface area contributed by atoms with E-state index in [1.807, 2.05) is 12.1 Å². The fourth-order valence-corrected chi connectivity index (χ4v) is 4.57. The third-order valence-corrected chi connectivity index (χ3v) is 6.57. The molecule has 0 spiro atoms. The highest BCUT2D eigenvalue weighted by atomic mass is 32.1. The van der Waals surface area contributed by atoms with Crippen molar-refractivity contribution in [2.75, 3.05) is 11.9 Å². The summed E-state index contributed by atoms with van der Waals surface area (Å²) in [6.45, 7) is 0.553. The molecule has 2 N–H and O–H groups in total. The molecular formula is C20H18FN7OS. The molecule has 0 saturated heterocycles. The van der Waals surface area contributed by atoms with Gasteiger partial charge in [-0.25, -0.2) is 14.8 Å². The number of hydrogen-bond acceptors (Lipinski definition) is 8. The highest BCUT2D eigenvalue weighted by molar-refractivity contribution is 7.17. The highest BCUT2D eigenvalue weighted by Crippen LogP contribution is 2.43. The summed E-state index contributed by atoms with van der Waals surface area (Å²) in [6, 6.07) is 6.75. The van der Waals surface area contributed by atoms with Crippen molar-refractivity contribution in [2.45, 2.75) is 31.1 Å². The van der Waals surface area contributed by atoms with Gasteiger partial charge in [0.05, 0.1) is 22.7 Å². The van der Waals surface area contributed by atoms with Crippen LogP contribution in [0.25, 0.3) is 10.7 Å². The summed E-state index contributed by atoms with van der Waals surface area (Å²) in [7, 11) is 0. The van der Waals surface area contributed by atoms with E-state index in [9.17, 15) is 9.18 Å². The first-order valence-electron chi connectivity index (χ1n) is 9.64. The average Bonchev–Trinajstić information content (AvgIpc) is 3.38. The van der Waals surface area contributed by atoms with E-state index in [1.54, 1.807) is 18.5 Å². The maximum Gasteiger partial charge on any atom is 0.246 e. The van der Waals surface area contributed by atoms with Crippen LogP contribution in [0.3, 0.4) is 0 Å². The molecule has 8 nitrogen and oxygen atoms in total. The molecule has 2 aliphatic rings. The van der Waals surface area contributed by atoms with Crippen molar-refractivity contribution in [1.29, 1.82) is 0 Å². The van der Waals surface area contributed by atoms with Crippen molar-refractivity contribution in [1.82, 2.24) is 25.6 Å². The molecule has 0 radical (unpaired) electrons. The number of anilines is 1. The van der Waals surface area contributed by atoms with Gasteiger partial charge in [0, 0.05) is 24.4 Å². The van der Waals surface area contributed by atoms with Gasteiger partial charge in [-0.15, -0.1) is 21.5 Å². The third-order valence-electron chi connectivity index (χ3n) is 5.50. The molecule has 4 heterocycles. The molecule has 1 aliphatic carbocycles. The zero-order valence-electron chi connectivity index (χ0n) is 15.9. The molecule has 30 heavy (non-hydrogen) atoms. The molecule has 1 aliphatic heterocycles. The number of nitrogens with one attached hydrogen (secondary N) is 2. The van der Waals surface area contributed by atoms with Crippen LogP contribution in [0, 0.1) is 5.82 Å². The Balaban J connectivity index is 1.27. The maximum absolute atomic E-state index is 14.3. The number of rotatable bonds is 6. The zero-order chi connectivity index (χ0) is 20.6. The molecule has 0 atom stereocenters. The molecule has 0 aromatic carbocycles. The maximum atomic E-state index is 14.3. The number of thiazole rings is 1. The molecule has 0 unspecified atom stereocenters. The minimum absolute atomic E-state index is 0.120. The van der Waals surface area contributed by atoms with Crippen molar-refractivity contribution in [3.63, 3.8) is 0 Å². The fraction of sp³-hybridized carbons (Fsp3) is 0.300. The van der Waals surface area contributed by atoms with Crippen LogP contribution in [0.15, 0.2) is 41.8 Å². The lowest BCUT2D eigenvalue weighted by Crippen LogP contribution is -2.42. The molecule has 5 rings (SSSR count). The summed E-state index contributed by atoms with van der Waals surface area (Å²) in [4.78, 5) is 20.8. The van der Waals surface area contributed by atoms with Crippen LogP contribution in [0.2, 0.25) is 0 Å². The number of carbonyl (C=O) groups is 1. The number of nitrogens with zero attached hydrogens (tertiary/aromatic N) is 5. The fourth-order valence-electron chi connectivity index (χ4n) is 3.71. The Kier molecular flexibility index (Phi) is 4.70. The van der Waals surface area contributed by atoms with Crippen molar-refractivity contribution in [3.05, 3.63) is 53.0 Å². The lowest BCUT2D eigenvalue weighted by Gasteiger charge is -2.41. The summed E-state index contributed by atoms with van der Waals surface area (Å²) in [5.41, 5.74) is 3.98. The van der Waals surface area contributed by atoms with E-state index < -0.39 is 0 Å². The summed E-state index contributed by atoms with van der Waals surface area (Å²) < 4.78 is 14.3. The molecule has 1 fully saturated rings. The topological polar surface area (TPSA) is 105 Å². The van der Waals surface area contributed by atoms with Crippen LogP contribution in [0.1, 0.15) is 36.3 Å². The minimum atomic E-state index is -0.302. The lowest BCUT2D eigenvalue weighted by atomic mass is 9.66. The standard InChI is InChI=1S/C20H18FN7OS/c21-12-3-1-8-22-18(12)20(6-2-7-20)11-24-16-5-4-13(25-27-16)19-23-10-15(30-19)14-9-17(29)28-26-14/h1,3-5,8,10H,2,6-7,9,11H2,(H,24,27)(H,28,29). The van der Waals surface area contributed by atoms with Gasteiger partial charge in [-0.3, -0.25) is 9.78 Å². The molecule has 1 saturated carbocycles. The molecular weight excluding hydrogens is 405 g/mol. The van der Waals surface area contributed by atoms with Gasteiger partial charge in [0.15, 0.2) is 0 Å². The molecule has 0 bridgehead atoms. The normalized spacial score (nSPS) is 17.2. The van der Waals surface area contributed by atoms with Crippen LogP contribution in [0.5, 0.6) is 0 Å². The first-order valence-corrected chi connectivity index (χ1v) is 10.5. The van der Waals surface area contributed by atoms with E-state index in [0.717, 1.165) is 24.1 Å². The second kappa shape index (κ2) is 7.52. The number of hydrazone groups is 1. The molecule has 3 aromatic rings. The van der Waals surface area contributed by atoms with Crippen molar-refractivity contribution in [3.8, 4) is 10.7 Å². The van der Waals surface area contributed by atoms with E-state index in [-0.39, 0.29) is 23.6 Å². The van der Waals surface area contributed by atoms with Gasteiger partial charge in [-0.1, -0.05) is 6.42 Å². The SMILES string of the molecule is O=C1CC(c2cnc(-c3ccc(NCC4(c5ncccc5F)CCC4)nn3)s2)=NN1. The van der Waals surface area contributed by atoms with Crippen LogP contribution in [-0.4, -0.2) is 38.3 Å². The highest BCUT2D eigenvalue weighted by Gasteiger charge is 2.41. The quantitative estimate of drug-likeness (QED) is 0.632. The molecule has 152 valence electrons. The summed E-state index contributed by atoms with van der Waals surface area (Å²) in [5.74, 6) is 0.238. The van der Waals surface area contributed by atoms with Gasteiger partial charge < -0.3 is 5.32 Å². The molecule has 10 heteroatoms. The Morgan fingerprint density at radius 1 is 1.20 bits per heavy atom. The van der Waals surface area contributed by atoms with Crippen LogP contribution in [-0.2, 0) is 10.2 Å². The zero-order valence-corrected chi connectivity index (χ0v) is 16.7. The van der Waals surface area contributed by atoms with Gasteiger partial charge in [0.25, 0.3) is 0 Å². The number of pyridine rings is 1. The monoisotopic (exact) mass is 423 g/mol. The predicted octanol–water partition coefficient (Wildman–Crippen LogP) is 2.89. The third kappa shape index (κ3) is 3.43. The van der Waals surface area contributed by atoms with E-state index in [4.69, 9.17) is 0 Å². The van der Waals surface area contributed by atoms with Crippen LogP contribution < -0.4 is 10.7 Å². The van der Waals surface area contributed by atoms with Crippen LogP contribution >= 0.6 is 11.3 Å². The smallest absolute Gasteiger partial charge is 0.246 e. The Labute approximate surface area is 175 Å². The summed E-state index contributed by atoms with van der Waals surface area (Å²) in [6.07, 6.45) is 6.42. The number of aromatic nitrogens is 4. The van der Waals surface area contributed by atoms with Crippen molar-refractivity contribution in [2.24, 2.45) is 5.10 Å². The predicted molar refractivity (Wildman–Crippen MR) is 111 cm³/mol. The largest absolute Gasteiger partial charge is 0.368 e. The first-order chi connectivity index (χ1) is 14.6. The number of amides is 1. The van der Waals surface area contributed by atoms with E-state index >= 15 is 0 Å².